The Morgan fingerprint density at radius 2 is 2.11 bits per heavy atom. The maximum Gasteiger partial charge on any atom is 0.286 e. The third-order valence-electron chi connectivity index (χ3n) is 6.01. The molecule has 0 bridgehead atoms. The van der Waals surface area contributed by atoms with Crippen LogP contribution >= 0.6 is 0 Å². The van der Waals surface area contributed by atoms with E-state index in [0.717, 1.165) is 39.5 Å². The van der Waals surface area contributed by atoms with Gasteiger partial charge in [0.05, 0.1) is 47.8 Å². The van der Waals surface area contributed by atoms with E-state index < -0.39 is 85.5 Å². The lowest BCUT2D eigenvalue weighted by Gasteiger charge is -2.19. The van der Waals surface area contributed by atoms with Crippen molar-refractivity contribution < 1.29 is 40.0 Å². The Morgan fingerprint density at radius 3 is 2.78 bits per heavy atom. The molecule has 196 valence electrons. The molecule has 1 N–H and O–H groups in total. The number of halogens is 6. The average molecular weight is 530 g/mol. The summed E-state index contributed by atoms with van der Waals surface area (Å²) in [5.74, 6) is -7.37. The van der Waals surface area contributed by atoms with Gasteiger partial charge in [0.15, 0.2) is 11.6 Å². The van der Waals surface area contributed by atoms with Crippen LogP contribution in [0.2, 0.25) is 0 Å². The Bertz CT molecular complexity index is 1620. The fourth-order valence-electron chi connectivity index (χ4n) is 4.32. The molecule has 1 amide bonds. The van der Waals surface area contributed by atoms with E-state index in [4.69, 9.17) is 8.85 Å². The monoisotopic (exact) mass is 530 g/mol. The molecule has 1 fully saturated rings. The van der Waals surface area contributed by atoms with Crippen LogP contribution in [0.1, 0.15) is 11.0 Å². The third kappa shape index (κ3) is 4.27. The van der Waals surface area contributed by atoms with Gasteiger partial charge in [-0.15, -0.1) is 5.10 Å². The Balaban J connectivity index is 1.64. The van der Waals surface area contributed by atoms with Crippen LogP contribution in [0.5, 0.6) is 5.88 Å². The highest BCUT2D eigenvalue weighted by atomic mass is 19.3. The van der Waals surface area contributed by atoms with E-state index in [-0.39, 0.29) is 16.6 Å². The van der Waals surface area contributed by atoms with Crippen LogP contribution in [-0.2, 0) is 11.3 Å². The second-order valence-electron chi connectivity index (χ2n) is 8.46. The van der Waals surface area contributed by atoms with E-state index in [9.17, 15) is 26.7 Å². The van der Waals surface area contributed by atoms with E-state index in [2.05, 4.69) is 20.4 Å². The lowest BCUT2D eigenvalue weighted by molar-refractivity contribution is -0.129. The first-order valence-corrected chi connectivity index (χ1v) is 10.7. The van der Waals surface area contributed by atoms with Gasteiger partial charge in [-0.25, -0.2) is 35.8 Å². The second kappa shape index (κ2) is 8.81. The van der Waals surface area contributed by atoms with Crippen LogP contribution in [-0.4, -0.2) is 73.5 Å². The molecule has 4 heterocycles. The van der Waals surface area contributed by atoms with Gasteiger partial charge in [0.2, 0.25) is 17.7 Å². The minimum absolute atomic E-state index is 0.0926. The molecule has 0 radical (unpaired) electrons. The number of ether oxygens (including phenoxy) is 1. The van der Waals surface area contributed by atoms with E-state index in [1.54, 1.807) is 0 Å². The molecule has 37 heavy (non-hydrogen) atoms. The summed E-state index contributed by atoms with van der Waals surface area (Å²) in [5.41, 5.74) is -1.40. The fourth-order valence-corrected chi connectivity index (χ4v) is 4.32. The SMILES string of the molecule is [2H]C([2H])([2H])Oc1nc(N[C@@H]2CN(C(C)=O)CC2(F)F)nn2cc(F)c(-c3cc(F)c4ncn(CC(F)F)c4c3)c12. The Morgan fingerprint density at radius 1 is 1.32 bits per heavy atom. The van der Waals surface area contributed by atoms with Crippen molar-refractivity contribution in [1.29, 1.82) is 0 Å². The molecule has 0 spiro atoms. The zero-order valence-electron chi connectivity index (χ0n) is 21.9. The number of alkyl halides is 4. The molecular formula is C22H19F6N7O2. The summed E-state index contributed by atoms with van der Waals surface area (Å²) in [7, 11) is -3.14. The molecule has 1 aliphatic heterocycles. The predicted octanol–water partition coefficient (Wildman–Crippen LogP) is 3.58. The minimum atomic E-state index is -3.41. The molecule has 3 aromatic heterocycles. The zero-order chi connectivity index (χ0) is 29.1. The number of carbonyl (C=O) groups excluding carboxylic acids is 1. The number of aromatic nitrogens is 5. The summed E-state index contributed by atoms with van der Waals surface area (Å²) < 4.78 is 114. The molecule has 1 atom stereocenters. The maximum atomic E-state index is 15.3. The molecule has 1 aliphatic rings. The molecule has 0 aliphatic carbocycles. The van der Waals surface area contributed by atoms with Crippen molar-refractivity contribution in [3.05, 3.63) is 36.3 Å². The van der Waals surface area contributed by atoms with E-state index >= 15 is 4.39 Å². The van der Waals surface area contributed by atoms with Crippen molar-refractivity contribution >= 4 is 28.4 Å². The number of hydrogen-bond acceptors (Lipinski definition) is 6. The Kier molecular flexibility index (Phi) is 5.02. The highest BCUT2D eigenvalue weighted by Crippen LogP contribution is 2.37. The summed E-state index contributed by atoms with van der Waals surface area (Å²) >= 11 is 0. The molecular weight excluding hydrogens is 508 g/mol. The van der Waals surface area contributed by atoms with Gasteiger partial charge in [0.25, 0.3) is 12.3 Å². The van der Waals surface area contributed by atoms with Crippen LogP contribution in [0.3, 0.4) is 0 Å². The van der Waals surface area contributed by atoms with E-state index in [1.165, 1.54) is 6.07 Å². The normalized spacial score (nSPS) is 18.9. The van der Waals surface area contributed by atoms with Crippen LogP contribution in [0.25, 0.3) is 27.7 Å². The maximum absolute atomic E-state index is 15.3. The number of methoxy groups -OCH3 is 1. The van der Waals surface area contributed by atoms with Crippen LogP contribution < -0.4 is 10.1 Å². The number of carbonyl (C=O) groups is 1. The van der Waals surface area contributed by atoms with Crippen molar-refractivity contribution in [3.8, 4) is 17.0 Å². The standard InChI is InChI=1S/C22H19F6N7O2/c1-10(36)33-6-15(22(27,28)8-33)30-21-31-20(37-2)19-17(13(24)5-35(19)32-21)11-3-12(23)18-14(4-11)34(9-29-18)7-16(25)26/h3-5,9,15-16H,6-8H2,1-2H3,(H,30,32)/t15-/m1/s1/i2D3. The topological polar surface area (TPSA) is 89.6 Å². The average Bonchev–Trinajstić information content (AvgIpc) is 3.45. The van der Waals surface area contributed by atoms with Gasteiger partial charge in [0, 0.05) is 13.5 Å². The van der Waals surface area contributed by atoms with Gasteiger partial charge in [-0.3, -0.25) is 4.79 Å². The number of fused-ring (bicyclic) bond motifs is 2. The van der Waals surface area contributed by atoms with Crippen LogP contribution in [0, 0.1) is 11.6 Å². The highest BCUT2D eigenvalue weighted by molar-refractivity contribution is 5.90. The lowest BCUT2D eigenvalue weighted by atomic mass is 10.1. The van der Waals surface area contributed by atoms with Crippen molar-refractivity contribution in [2.24, 2.45) is 0 Å². The fraction of sp³-hybridized carbons (Fsp3) is 0.364. The smallest absolute Gasteiger partial charge is 0.286 e. The molecule has 0 unspecified atom stereocenters. The van der Waals surface area contributed by atoms with Crippen molar-refractivity contribution in [1.82, 2.24) is 29.0 Å². The number of rotatable bonds is 6. The van der Waals surface area contributed by atoms with E-state index in [0.29, 0.717) is 0 Å². The van der Waals surface area contributed by atoms with Crippen LogP contribution in [0.15, 0.2) is 24.7 Å². The van der Waals surface area contributed by atoms with Crippen molar-refractivity contribution in [3.63, 3.8) is 0 Å². The lowest BCUT2D eigenvalue weighted by Crippen LogP contribution is -2.38. The van der Waals surface area contributed by atoms with Gasteiger partial charge in [-0.05, 0) is 17.7 Å². The number of imidazole rings is 1. The largest absolute Gasteiger partial charge is 0.479 e. The first-order valence-electron chi connectivity index (χ1n) is 12.2. The molecule has 9 nitrogen and oxygen atoms in total. The molecule has 4 aromatic rings. The number of nitrogens with one attached hydrogen (secondary N) is 1. The first-order chi connectivity index (χ1) is 18.6. The zero-order valence-corrected chi connectivity index (χ0v) is 18.9. The molecule has 5 rings (SSSR count). The molecule has 1 aromatic carbocycles. The Hall–Kier alpha value is -4.04. The van der Waals surface area contributed by atoms with Gasteiger partial charge in [-0.2, -0.15) is 4.98 Å². The van der Waals surface area contributed by atoms with Gasteiger partial charge in [-0.1, -0.05) is 0 Å². The third-order valence-corrected chi connectivity index (χ3v) is 6.01. The van der Waals surface area contributed by atoms with Crippen molar-refractivity contribution in [2.45, 2.75) is 31.9 Å². The van der Waals surface area contributed by atoms with Gasteiger partial charge < -0.3 is 19.5 Å². The number of benzene rings is 1. The number of hydrogen-bond donors (Lipinski definition) is 1. The summed E-state index contributed by atoms with van der Waals surface area (Å²) in [4.78, 5) is 20.1. The second-order valence-corrected chi connectivity index (χ2v) is 8.46. The number of anilines is 1. The van der Waals surface area contributed by atoms with Gasteiger partial charge >= 0.3 is 0 Å². The Labute approximate surface area is 208 Å². The molecule has 1 saturated heterocycles. The summed E-state index contributed by atoms with van der Waals surface area (Å²) in [6.45, 7) is -1.000. The summed E-state index contributed by atoms with van der Waals surface area (Å²) in [5, 5.41) is 6.29. The summed E-state index contributed by atoms with van der Waals surface area (Å²) in [6, 6.07) is 0.370. The predicted molar refractivity (Wildman–Crippen MR) is 119 cm³/mol. The first kappa shape index (κ1) is 21.1. The number of amides is 1. The highest BCUT2D eigenvalue weighted by Gasteiger charge is 2.49. The molecule has 0 saturated carbocycles. The minimum Gasteiger partial charge on any atom is -0.479 e. The summed E-state index contributed by atoms with van der Waals surface area (Å²) in [6.07, 6.45) is -1.05. The van der Waals surface area contributed by atoms with Gasteiger partial charge in [0.1, 0.15) is 17.1 Å². The number of nitrogens with zero attached hydrogens (tertiary/aromatic N) is 6. The molecule has 15 heteroatoms. The van der Waals surface area contributed by atoms with Crippen molar-refractivity contribution in [2.75, 3.05) is 25.4 Å². The quantitative estimate of drug-likeness (QED) is 0.384. The van der Waals surface area contributed by atoms with E-state index in [1.807, 2.05) is 0 Å². The number of likely N-dealkylation sites (tertiary alicyclic amines) is 1. The van der Waals surface area contributed by atoms with Crippen LogP contribution in [0.4, 0.5) is 32.3 Å².